The van der Waals surface area contributed by atoms with Crippen LogP contribution in [0, 0.1) is 0 Å². The van der Waals surface area contributed by atoms with E-state index in [1.807, 2.05) is 24.3 Å². The van der Waals surface area contributed by atoms with Crippen LogP contribution in [0.25, 0.3) is 0 Å². The minimum atomic E-state index is -0.458. The molecule has 24 heavy (non-hydrogen) atoms. The number of ether oxygens (including phenoxy) is 1. The number of carbonyl (C=O) groups is 2. The quantitative estimate of drug-likeness (QED) is 0.855. The standard InChI is InChI=1S/C19H18ClNO3/c1-24-18(23)14-5-2-4-13(12-14)17(22)21-19(10-3-11-19)15-6-8-16(20)9-7-15/h2,4-9,12H,3,10-11H2,1H3,(H,21,22). The molecule has 1 aliphatic carbocycles. The van der Waals surface area contributed by atoms with Gasteiger partial charge >= 0.3 is 5.97 Å². The second-order valence-corrected chi connectivity index (χ2v) is 6.41. The zero-order chi connectivity index (χ0) is 17.2. The van der Waals surface area contributed by atoms with E-state index in [0.717, 1.165) is 24.8 Å². The highest BCUT2D eigenvalue weighted by molar-refractivity contribution is 6.30. The van der Waals surface area contributed by atoms with Gasteiger partial charge in [-0.25, -0.2) is 4.79 Å². The molecule has 1 aliphatic rings. The van der Waals surface area contributed by atoms with Crippen molar-refractivity contribution in [3.63, 3.8) is 0 Å². The molecule has 0 heterocycles. The van der Waals surface area contributed by atoms with E-state index >= 15 is 0 Å². The molecule has 3 rings (SSSR count). The Kier molecular flexibility index (Phi) is 4.58. The summed E-state index contributed by atoms with van der Waals surface area (Å²) in [7, 11) is 1.32. The second kappa shape index (κ2) is 6.65. The number of benzene rings is 2. The highest BCUT2D eigenvalue weighted by atomic mass is 35.5. The Morgan fingerprint density at radius 3 is 2.33 bits per heavy atom. The zero-order valence-electron chi connectivity index (χ0n) is 13.3. The molecule has 2 aromatic carbocycles. The van der Waals surface area contributed by atoms with E-state index in [9.17, 15) is 9.59 Å². The number of esters is 1. The molecule has 1 amide bonds. The van der Waals surface area contributed by atoms with Gasteiger partial charge in [0, 0.05) is 10.6 Å². The average molecular weight is 344 g/mol. The van der Waals surface area contributed by atoms with Gasteiger partial charge in [-0.1, -0.05) is 29.8 Å². The van der Waals surface area contributed by atoms with Gasteiger partial charge < -0.3 is 10.1 Å². The fourth-order valence-electron chi connectivity index (χ4n) is 2.98. The summed E-state index contributed by atoms with van der Waals surface area (Å²) in [6.07, 6.45) is 2.83. The summed E-state index contributed by atoms with van der Waals surface area (Å²) in [4.78, 5) is 24.3. The third kappa shape index (κ3) is 3.15. The lowest BCUT2D eigenvalue weighted by molar-refractivity contribution is 0.0600. The van der Waals surface area contributed by atoms with E-state index in [0.29, 0.717) is 16.1 Å². The van der Waals surface area contributed by atoms with Crippen molar-refractivity contribution >= 4 is 23.5 Å². The minimum Gasteiger partial charge on any atom is -0.465 e. The first-order chi connectivity index (χ1) is 11.5. The van der Waals surface area contributed by atoms with Crippen LogP contribution in [-0.4, -0.2) is 19.0 Å². The number of hydrogen-bond acceptors (Lipinski definition) is 3. The molecule has 0 aliphatic heterocycles. The Labute approximate surface area is 145 Å². The van der Waals surface area contributed by atoms with E-state index in [1.54, 1.807) is 24.3 Å². The number of carbonyl (C=O) groups excluding carboxylic acids is 2. The van der Waals surface area contributed by atoms with Gasteiger partial charge in [0.15, 0.2) is 0 Å². The van der Waals surface area contributed by atoms with Crippen LogP contribution in [0.5, 0.6) is 0 Å². The molecule has 124 valence electrons. The van der Waals surface area contributed by atoms with E-state index in [1.165, 1.54) is 7.11 Å². The van der Waals surface area contributed by atoms with Crippen molar-refractivity contribution in [2.24, 2.45) is 0 Å². The van der Waals surface area contributed by atoms with E-state index in [2.05, 4.69) is 5.32 Å². The van der Waals surface area contributed by atoms with Crippen LogP contribution >= 0.6 is 11.6 Å². The maximum Gasteiger partial charge on any atom is 0.337 e. The Morgan fingerprint density at radius 2 is 1.75 bits per heavy atom. The number of methoxy groups -OCH3 is 1. The molecule has 4 nitrogen and oxygen atoms in total. The molecule has 5 heteroatoms. The molecule has 1 saturated carbocycles. The molecule has 0 radical (unpaired) electrons. The highest BCUT2D eigenvalue weighted by Gasteiger charge is 2.40. The molecule has 0 atom stereocenters. The molecule has 0 bridgehead atoms. The molecule has 0 aromatic heterocycles. The molecule has 1 N–H and O–H groups in total. The van der Waals surface area contributed by atoms with Gasteiger partial charge in [0.2, 0.25) is 0 Å². The summed E-state index contributed by atoms with van der Waals surface area (Å²) in [5, 5.41) is 3.80. The van der Waals surface area contributed by atoms with Crippen LogP contribution in [0.15, 0.2) is 48.5 Å². The van der Waals surface area contributed by atoms with Crippen LogP contribution in [0.4, 0.5) is 0 Å². The molecule has 0 unspecified atom stereocenters. The van der Waals surface area contributed by atoms with Crippen molar-refractivity contribution in [2.75, 3.05) is 7.11 Å². The van der Waals surface area contributed by atoms with Gasteiger partial charge in [-0.2, -0.15) is 0 Å². The molecule has 2 aromatic rings. The average Bonchev–Trinajstić information content (AvgIpc) is 2.58. The lowest BCUT2D eigenvalue weighted by Crippen LogP contribution is -2.50. The van der Waals surface area contributed by atoms with Crippen LogP contribution in [0.2, 0.25) is 5.02 Å². The maximum atomic E-state index is 12.7. The lowest BCUT2D eigenvalue weighted by Gasteiger charge is -2.43. The van der Waals surface area contributed by atoms with Crippen molar-refractivity contribution in [2.45, 2.75) is 24.8 Å². The lowest BCUT2D eigenvalue weighted by atomic mass is 9.71. The maximum absolute atomic E-state index is 12.7. The number of hydrogen-bond donors (Lipinski definition) is 1. The van der Waals surface area contributed by atoms with Crippen molar-refractivity contribution in [3.8, 4) is 0 Å². The van der Waals surface area contributed by atoms with Crippen molar-refractivity contribution in [3.05, 3.63) is 70.2 Å². The largest absolute Gasteiger partial charge is 0.465 e. The number of rotatable bonds is 4. The predicted octanol–water partition coefficient (Wildman–Crippen LogP) is 3.94. The smallest absolute Gasteiger partial charge is 0.337 e. The van der Waals surface area contributed by atoms with Gasteiger partial charge in [0.25, 0.3) is 5.91 Å². The first-order valence-electron chi connectivity index (χ1n) is 7.81. The Hall–Kier alpha value is -2.33. The van der Waals surface area contributed by atoms with Crippen molar-refractivity contribution in [1.82, 2.24) is 5.32 Å². The summed E-state index contributed by atoms with van der Waals surface area (Å²) < 4.78 is 4.70. The normalized spacial score (nSPS) is 15.2. The Balaban J connectivity index is 1.83. The number of nitrogens with one attached hydrogen (secondary N) is 1. The van der Waals surface area contributed by atoms with Gasteiger partial charge in [-0.05, 0) is 55.2 Å². The molecule has 0 saturated heterocycles. The molecular formula is C19H18ClNO3. The van der Waals surface area contributed by atoms with Gasteiger partial charge in [0.05, 0.1) is 18.2 Å². The monoisotopic (exact) mass is 343 g/mol. The van der Waals surface area contributed by atoms with E-state index in [-0.39, 0.29) is 11.4 Å². The first-order valence-corrected chi connectivity index (χ1v) is 8.19. The summed E-state index contributed by atoms with van der Waals surface area (Å²) in [5.41, 5.74) is 1.50. The number of halogens is 1. The Morgan fingerprint density at radius 1 is 1.08 bits per heavy atom. The minimum absolute atomic E-state index is 0.199. The summed E-state index contributed by atoms with van der Waals surface area (Å²) in [6, 6.07) is 14.1. The van der Waals surface area contributed by atoms with Crippen LogP contribution in [0.1, 0.15) is 45.5 Å². The highest BCUT2D eigenvalue weighted by Crippen LogP contribution is 2.41. The van der Waals surface area contributed by atoms with Gasteiger partial charge in [0.1, 0.15) is 0 Å². The molecular weight excluding hydrogens is 326 g/mol. The van der Waals surface area contributed by atoms with Gasteiger partial charge in [-0.3, -0.25) is 4.79 Å². The second-order valence-electron chi connectivity index (χ2n) is 5.97. The molecule has 0 spiro atoms. The summed E-state index contributed by atoms with van der Waals surface area (Å²) in [6.45, 7) is 0. The summed E-state index contributed by atoms with van der Waals surface area (Å²) >= 11 is 5.95. The SMILES string of the molecule is COC(=O)c1cccc(C(=O)NC2(c3ccc(Cl)cc3)CCC2)c1. The Bertz CT molecular complexity index is 766. The van der Waals surface area contributed by atoms with Crippen molar-refractivity contribution < 1.29 is 14.3 Å². The topological polar surface area (TPSA) is 55.4 Å². The van der Waals surface area contributed by atoms with E-state index in [4.69, 9.17) is 16.3 Å². The third-order valence-corrected chi connectivity index (χ3v) is 4.75. The van der Waals surface area contributed by atoms with Crippen LogP contribution in [-0.2, 0) is 10.3 Å². The summed E-state index contributed by atoms with van der Waals surface area (Å²) in [5.74, 6) is -0.656. The van der Waals surface area contributed by atoms with Crippen LogP contribution < -0.4 is 5.32 Å². The first kappa shape index (κ1) is 16.5. The zero-order valence-corrected chi connectivity index (χ0v) is 14.1. The fourth-order valence-corrected chi connectivity index (χ4v) is 3.11. The van der Waals surface area contributed by atoms with Gasteiger partial charge in [-0.15, -0.1) is 0 Å². The fraction of sp³-hybridized carbons (Fsp3) is 0.263. The van der Waals surface area contributed by atoms with Crippen molar-refractivity contribution in [1.29, 1.82) is 0 Å². The number of amides is 1. The van der Waals surface area contributed by atoms with Crippen LogP contribution in [0.3, 0.4) is 0 Å². The van der Waals surface area contributed by atoms with E-state index < -0.39 is 5.97 Å². The third-order valence-electron chi connectivity index (χ3n) is 4.50. The predicted molar refractivity (Wildman–Crippen MR) is 92.2 cm³/mol. The molecule has 1 fully saturated rings.